The van der Waals surface area contributed by atoms with Crippen LogP contribution in [0.4, 0.5) is 0 Å². The maximum absolute atomic E-state index is 11.7. The Morgan fingerprint density at radius 1 is 1.14 bits per heavy atom. The number of hydrogen-bond donors (Lipinski definition) is 9. The molecule has 1 fully saturated rings. The fourth-order valence-corrected chi connectivity index (χ4v) is 3.93. The van der Waals surface area contributed by atoms with Crippen LogP contribution in [0.25, 0.3) is 0 Å². The Hall–Kier alpha value is -1.11. The summed E-state index contributed by atoms with van der Waals surface area (Å²) in [5.74, 6) is 1.33. The van der Waals surface area contributed by atoms with Gasteiger partial charge in [0.05, 0.1) is 19.4 Å². The summed E-state index contributed by atoms with van der Waals surface area (Å²) in [6.07, 6.45) is -12.7. The van der Waals surface area contributed by atoms with Crippen LogP contribution in [0, 0.1) is 0 Å². The molecule has 15 heteroatoms. The molecule has 9 atom stereocenters. The van der Waals surface area contributed by atoms with Crippen molar-refractivity contribution in [2.45, 2.75) is 74.9 Å². The van der Waals surface area contributed by atoms with Crippen molar-refractivity contribution in [3.63, 3.8) is 0 Å². The van der Waals surface area contributed by atoms with Crippen molar-refractivity contribution in [1.29, 1.82) is 0 Å². The number of hydrogen-bond acceptors (Lipinski definition) is 14. The molecule has 4 unspecified atom stereocenters. The van der Waals surface area contributed by atoms with Gasteiger partial charge in [0, 0.05) is 12.3 Å². The Balaban J connectivity index is 2.57. The van der Waals surface area contributed by atoms with E-state index in [-0.39, 0.29) is 0 Å². The van der Waals surface area contributed by atoms with Gasteiger partial charge in [-0.25, -0.2) is 0 Å². The van der Waals surface area contributed by atoms with Crippen LogP contribution in [-0.4, -0.2) is 146 Å². The number of aliphatic hydroxyl groups excluding tert-OH is 8. The highest BCUT2D eigenvalue weighted by Gasteiger charge is 2.46. The van der Waals surface area contributed by atoms with Crippen molar-refractivity contribution in [3.8, 4) is 0 Å². The Bertz CT molecular complexity index is 617. The minimum Gasteiger partial charge on any atom is -0.394 e. The van der Waals surface area contributed by atoms with Crippen LogP contribution in [0.15, 0.2) is 5.16 Å². The van der Waals surface area contributed by atoms with E-state index in [9.17, 15) is 45.6 Å². The highest BCUT2D eigenvalue weighted by molar-refractivity contribution is 7.99. The molecule has 0 aromatic heterocycles. The number of unbranched alkanes of at least 4 members (excludes halogenated alkanes) is 1. The van der Waals surface area contributed by atoms with Gasteiger partial charge in [-0.05, 0) is 12.2 Å². The first-order chi connectivity index (χ1) is 16.7. The number of rotatable bonds is 17. The minimum atomic E-state index is -1.94. The molecule has 0 spiro atoms. The second kappa shape index (κ2) is 17.4. The van der Waals surface area contributed by atoms with Gasteiger partial charge in [-0.2, -0.15) is 11.8 Å². The molecule has 0 radical (unpaired) electrons. The first-order valence-electron chi connectivity index (χ1n) is 11.3. The highest BCUT2D eigenvalue weighted by Crippen LogP contribution is 2.24. The molecule has 35 heavy (non-hydrogen) atoms. The van der Waals surface area contributed by atoms with E-state index in [4.69, 9.17) is 14.3 Å². The molecular weight excluding hydrogens is 492 g/mol. The predicted molar refractivity (Wildman–Crippen MR) is 123 cm³/mol. The van der Waals surface area contributed by atoms with Gasteiger partial charge in [0.2, 0.25) is 0 Å². The van der Waals surface area contributed by atoms with Crippen LogP contribution in [0.5, 0.6) is 0 Å². The van der Waals surface area contributed by atoms with Crippen LogP contribution in [0.3, 0.4) is 0 Å². The van der Waals surface area contributed by atoms with Crippen molar-refractivity contribution in [2.24, 2.45) is 5.16 Å². The predicted octanol–water partition coefficient (Wildman–Crippen LogP) is -4.10. The van der Waals surface area contributed by atoms with E-state index < -0.39 is 80.8 Å². The number of thioether (sulfide) groups is 1. The minimum absolute atomic E-state index is 0.437. The summed E-state index contributed by atoms with van der Waals surface area (Å²) in [6.45, 7) is 0.452. The van der Waals surface area contributed by atoms with E-state index in [1.54, 1.807) is 11.8 Å². The number of aliphatic hydroxyl groups is 8. The van der Waals surface area contributed by atoms with Gasteiger partial charge in [0.25, 0.3) is 5.91 Å². The molecule has 9 N–H and O–H groups in total. The summed E-state index contributed by atoms with van der Waals surface area (Å²) < 4.78 is 10.4. The number of amides is 1. The number of nitrogens with zero attached hydrogens (tertiary/aromatic N) is 1. The third-order valence-electron chi connectivity index (χ3n) is 5.09. The molecule has 1 amide bonds. The maximum Gasteiger partial charge on any atom is 0.260 e. The molecule has 0 saturated carbocycles. The SMILES string of the molecule is CCCCSCCNC(=O)CO/N=C/C(O)[C@@H](O)[C@H](O[C@H]1OC(CO)[C@@H](O)[C@H](O)C1O)C(O)CO. The summed E-state index contributed by atoms with van der Waals surface area (Å²) in [7, 11) is 0. The van der Waals surface area contributed by atoms with Gasteiger partial charge in [-0.15, -0.1) is 0 Å². The fourth-order valence-electron chi connectivity index (χ4n) is 2.98. The Kier molecular flexibility index (Phi) is 15.8. The molecule has 0 aliphatic carbocycles. The zero-order valence-corrected chi connectivity index (χ0v) is 20.3. The zero-order valence-electron chi connectivity index (χ0n) is 19.5. The van der Waals surface area contributed by atoms with Crippen LogP contribution >= 0.6 is 11.8 Å². The third-order valence-corrected chi connectivity index (χ3v) is 6.16. The van der Waals surface area contributed by atoms with E-state index in [2.05, 4.69) is 17.4 Å². The number of ether oxygens (including phenoxy) is 2. The third kappa shape index (κ3) is 10.8. The second-order valence-corrected chi connectivity index (χ2v) is 9.10. The molecule has 206 valence electrons. The summed E-state index contributed by atoms with van der Waals surface area (Å²) in [5.41, 5.74) is 0. The number of carbonyl (C=O) groups excluding carboxylic acids is 1. The van der Waals surface area contributed by atoms with Gasteiger partial charge < -0.3 is 60.5 Å². The topological polar surface area (TPSA) is 231 Å². The van der Waals surface area contributed by atoms with E-state index in [0.717, 1.165) is 30.6 Å². The summed E-state index contributed by atoms with van der Waals surface area (Å²) in [5, 5.41) is 84.8. The van der Waals surface area contributed by atoms with Crippen molar-refractivity contribution < 1.29 is 60.0 Å². The van der Waals surface area contributed by atoms with Crippen LogP contribution in [0.1, 0.15) is 19.8 Å². The van der Waals surface area contributed by atoms with Crippen molar-refractivity contribution in [1.82, 2.24) is 5.32 Å². The average Bonchev–Trinajstić information content (AvgIpc) is 2.85. The molecule has 0 aromatic carbocycles. The van der Waals surface area contributed by atoms with Gasteiger partial charge in [-0.1, -0.05) is 18.5 Å². The molecule has 1 aliphatic rings. The Labute approximate surface area is 207 Å². The lowest BCUT2D eigenvalue weighted by Gasteiger charge is -2.42. The molecule has 1 heterocycles. The van der Waals surface area contributed by atoms with E-state index in [1.165, 1.54) is 0 Å². The lowest BCUT2D eigenvalue weighted by molar-refractivity contribution is -0.326. The fraction of sp³-hybridized carbons (Fsp3) is 0.900. The molecular formula is C20H38N2O12S. The molecule has 0 bridgehead atoms. The van der Waals surface area contributed by atoms with Crippen molar-refractivity contribution in [2.75, 3.05) is 37.9 Å². The van der Waals surface area contributed by atoms with Crippen LogP contribution in [-0.2, 0) is 19.1 Å². The van der Waals surface area contributed by atoms with Gasteiger partial charge in [0.15, 0.2) is 12.9 Å². The summed E-state index contributed by atoms with van der Waals surface area (Å²) in [4.78, 5) is 16.5. The quantitative estimate of drug-likeness (QED) is 0.0495. The average molecular weight is 531 g/mol. The lowest BCUT2D eigenvalue weighted by Crippen LogP contribution is -2.61. The van der Waals surface area contributed by atoms with Gasteiger partial charge in [-0.3, -0.25) is 4.79 Å². The number of nitrogens with one attached hydrogen (secondary N) is 1. The second-order valence-electron chi connectivity index (χ2n) is 7.87. The summed E-state index contributed by atoms with van der Waals surface area (Å²) >= 11 is 1.72. The molecule has 0 aromatic rings. The Morgan fingerprint density at radius 2 is 1.86 bits per heavy atom. The maximum atomic E-state index is 11.7. The van der Waals surface area contributed by atoms with Crippen molar-refractivity contribution in [3.05, 3.63) is 0 Å². The van der Waals surface area contributed by atoms with Crippen molar-refractivity contribution >= 4 is 23.9 Å². The van der Waals surface area contributed by atoms with Crippen LogP contribution in [0.2, 0.25) is 0 Å². The van der Waals surface area contributed by atoms with E-state index in [0.29, 0.717) is 6.54 Å². The molecule has 14 nitrogen and oxygen atoms in total. The summed E-state index contributed by atoms with van der Waals surface area (Å²) in [6, 6.07) is 0. The lowest BCUT2D eigenvalue weighted by atomic mass is 9.98. The van der Waals surface area contributed by atoms with Crippen LogP contribution < -0.4 is 5.32 Å². The first kappa shape index (κ1) is 31.9. The van der Waals surface area contributed by atoms with Gasteiger partial charge in [0.1, 0.15) is 48.8 Å². The zero-order chi connectivity index (χ0) is 26.4. The monoisotopic (exact) mass is 530 g/mol. The number of oxime groups is 1. The normalized spacial score (nSPS) is 28.4. The molecule has 1 aliphatic heterocycles. The van der Waals surface area contributed by atoms with Gasteiger partial charge >= 0.3 is 0 Å². The van der Waals surface area contributed by atoms with E-state index in [1.807, 2.05) is 0 Å². The Morgan fingerprint density at radius 3 is 2.49 bits per heavy atom. The molecule has 1 saturated heterocycles. The first-order valence-corrected chi connectivity index (χ1v) is 12.4. The molecule has 1 rings (SSSR count). The highest BCUT2D eigenvalue weighted by atomic mass is 32.2. The largest absolute Gasteiger partial charge is 0.394 e. The van der Waals surface area contributed by atoms with E-state index >= 15 is 0 Å². The standard InChI is InChI=1S/C20H38N2O12S/c1-2-3-5-35-6-4-21-14(27)10-32-22-7-11(25)15(28)19(12(26)8-23)34-20-18(31)17(30)16(29)13(9-24)33-20/h7,11-13,15-20,23-26,28-31H,2-6,8-10H2,1H3,(H,21,27)/b22-7+/t11?,12?,13?,15-,16-,17+,18?,19-,20-/m1/s1. The smallest absolute Gasteiger partial charge is 0.260 e. The number of carbonyl (C=O) groups is 1.